The van der Waals surface area contributed by atoms with E-state index in [4.69, 9.17) is 5.73 Å². The van der Waals surface area contributed by atoms with E-state index in [2.05, 4.69) is 28.3 Å². The van der Waals surface area contributed by atoms with Gasteiger partial charge in [-0.15, -0.1) is 0 Å². The molecule has 0 aliphatic rings. The zero-order valence-corrected chi connectivity index (χ0v) is 9.14. The first-order valence-corrected chi connectivity index (χ1v) is 5.12. The summed E-state index contributed by atoms with van der Waals surface area (Å²) >= 11 is 0. The van der Waals surface area contributed by atoms with Crippen LogP contribution in [0.2, 0.25) is 0 Å². The van der Waals surface area contributed by atoms with Crippen LogP contribution in [0.25, 0.3) is 0 Å². The van der Waals surface area contributed by atoms with E-state index >= 15 is 0 Å². The predicted octanol–water partition coefficient (Wildman–Crippen LogP) is 1.98. The summed E-state index contributed by atoms with van der Waals surface area (Å²) in [5, 5.41) is 3.28. The summed E-state index contributed by atoms with van der Waals surface area (Å²) in [5.41, 5.74) is 7.87. The maximum absolute atomic E-state index is 5.58. The van der Waals surface area contributed by atoms with Crippen LogP contribution in [0.3, 0.4) is 0 Å². The minimum absolute atomic E-state index is 0.497. The first kappa shape index (κ1) is 10.4. The number of nitrogens with two attached hydrogens (primary N) is 1. The lowest BCUT2D eigenvalue weighted by molar-refractivity contribution is 0.952. The first-order chi connectivity index (χ1) is 7.75. The molecule has 0 atom stereocenters. The molecule has 0 aliphatic carbocycles. The molecule has 0 fully saturated rings. The van der Waals surface area contributed by atoms with E-state index in [1.807, 2.05) is 18.2 Å². The van der Waals surface area contributed by atoms with Gasteiger partial charge in [0, 0.05) is 11.9 Å². The van der Waals surface area contributed by atoms with Gasteiger partial charge in [-0.1, -0.05) is 18.2 Å². The second-order valence-electron chi connectivity index (χ2n) is 3.57. The Morgan fingerprint density at radius 1 is 1.25 bits per heavy atom. The van der Waals surface area contributed by atoms with Crippen molar-refractivity contribution < 1.29 is 0 Å². The minimum atomic E-state index is 0.497. The van der Waals surface area contributed by atoms with Crippen molar-refractivity contribution in [3.8, 4) is 0 Å². The monoisotopic (exact) mass is 214 g/mol. The maximum atomic E-state index is 5.58. The van der Waals surface area contributed by atoms with Crippen LogP contribution < -0.4 is 11.1 Å². The Hall–Kier alpha value is -2.10. The number of aryl methyl sites for hydroxylation is 1. The van der Waals surface area contributed by atoms with Gasteiger partial charge >= 0.3 is 0 Å². The van der Waals surface area contributed by atoms with E-state index in [9.17, 15) is 0 Å². The number of nitrogens with one attached hydrogen (secondary N) is 1. The number of anilines is 2. The molecule has 1 aromatic carbocycles. The standard InChI is InChI=1S/C12H14N4/c1-9-4-2-3-5-10(9)15-8-12-14-7-6-11(13)16-12/h2-7,15H,8H2,1H3,(H2,13,14,16). The summed E-state index contributed by atoms with van der Waals surface area (Å²) in [6.45, 7) is 2.64. The Morgan fingerprint density at radius 2 is 2.06 bits per heavy atom. The highest BCUT2D eigenvalue weighted by atomic mass is 15.0. The van der Waals surface area contributed by atoms with Crippen LogP contribution in [-0.2, 0) is 6.54 Å². The fourth-order valence-electron chi connectivity index (χ4n) is 1.45. The van der Waals surface area contributed by atoms with Crippen molar-refractivity contribution in [1.29, 1.82) is 0 Å². The van der Waals surface area contributed by atoms with Gasteiger partial charge in [-0.25, -0.2) is 9.97 Å². The van der Waals surface area contributed by atoms with E-state index < -0.39 is 0 Å². The van der Waals surface area contributed by atoms with Crippen molar-refractivity contribution in [3.63, 3.8) is 0 Å². The molecule has 0 aliphatic heterocycles. The highest BCUT2D eigenvalue weighted by Gasteiger charge is 1.99. The molecule has 2 aromatic rings. The molecular weight excluding hydrogens is 200 g/mol. The molecule has 0 saturated heterocycles. The summed E-state index contributed by atoms with van der Waals surface area (Å²) < 4.78 is 0. The highest BCUT2D eigenvalue weighted by molar-refractivity contribution is 5.50. The van der Waals surface area contributed by atoms with E-state index in [-0.39, 0.29) is 0 Å². The molecule has 0 unspecified atom stereocenters. The number of aromatic nitrogens is 2. The molecule has 1 heterocycles. The molecule has 0 radical (unpaired) electrons. The summed E-state index contributed by atoms with van der Waals surface area (Å²) in [7, 11) is 0. The third-order valence-corrected chi connectivity index (χ3v) is 2.31. The molecule has 3 N–H and O–H groups in total. The van der Waals surface area contributed by atoms with E-state index in [1.54, 1.807) is 12.3 Å². The topological polar surface area (TPSA) is 63.8 Å². The normalized spacial score (nSPS) is 10.1. The summed E-state index contributed by atoms with van der Waals surface area (Å²) in [4.78, 5) is 8.25. The van der Waals surface area contributed by atoms with Crippen molar-refractivity contribution >= 4 is 11.5 Å². The Kier molecular flexibility index (Phi) is 3.00. The van der Waals surface area contributed by atoms with Gasteiger partial charge in [-0.05, 0) is 24.6 Å². The third kappa shape index (κ3) is 2.48. The number of nitrogen functional groups attached to an aromatic ring is 1. The van der Waals surface area contributed by atoms with Gasteiger partial charge < -0.3 is 11.1 Å². The van der Waals surface area contributed by atoms with Crippen LogP contribution in [-0.4, -0.2) is 9.97 Å². The van der Waals surface area contributed by atoms with E-state index in [1.165, 1.54) is 5.56 Å². The summed E-state index contributed by atoms with van der Waals surface area (Å²) in [6, 6.07) is 9.77. The highest BCUT2D eigenvalue weighted by Crippen LogP contribution is 2.13. The molecular formula is C12H14N4. The third-order valence-electron chi connectivity index (χ3n) is 2.31. The van der Waals surface area contributed by atoms with Crippen molar-refractivity contribution in [1.82, 2.24) is 9.97 Å². The predicted molar refractivity (Wildman–Crippen MR) is 65.0 cm³/mol. The number of benzene rings is 1. The van der Waals surface area contributed by atoms with Gasteiger partial charge in [0.1, 0.15) is 11.6 Å². The average Bonchev–Trinajstić information content (AvgIpc) is 2.28. The molecule has 4 heteroatoms. The van der Waals surface area contributed by atoms with Crippen molar-refractivity contribution in [2.45, 2.75) is 13.5 Å². The molecule has 0 amide bonds. The zero-order chi connectivity index (χ0) is 11.4. The molecule has 2 rings (SSSR count). The van der Waals surface area contributed by atoms with Crippen molar-refractivity contribution in [2.24, 2.45) is 0 Å². The second-order valence-corrected chi connectivity index (χ2v) is 3.57. The fourth-order valence-corrected chi connectivity index (χ4v) is 1.45. The first-order valence-electron chi connectivity index (χ1n) is 5.12. The van der Waals surface area contributed by atoms with Crippen LogP contribution in [0.5, 0.6) is 0 Å². The van der Waals surface area contributed by atoms with Gasteiger partial charge in [0.15, 0.2) is 0 Å². The van der Waals surface area contributed by atoms with Crippen LogP contribution in [0, 0.1) is 6.92 Å². The number of hydrogen-bond acceptors (Lipinski definition) is 4. The van der Waals surface area contributed by atoms with Crippen LogP contribution in [0.1, 0.15) is 11.4 Å². The molecule has 0 bridgehead atoms. The Labute approximate surface area is 94.5 Å². The molecule has 82 valence electrons. The maximum Gasteiger partial charge on any atom is 0.149 e. The number of hydrogen-bond donors (Lipinski definition) is 2. The SMILES string of the molecule is Cc1ccccc1NCc1nccc(N)n1. The largest absolute Gasteiger partial charge is 0.384 e. The summed E-state index contributed by atoms with van der Waals surface area (Å²) in [6.07, 6.45) is 1.66. The van der Waals surface area contributed by atoms with Gasteiger partial charge in [-0.2, -0.15) is 0 Å². The second kappa shape index (κ2) is 4.61. The lowest BCUT2D eigenvalue weighted by Gasteiger charge is -2.08. The zero-order valence-electron chi connectivity index (χ0n) is 9.14. The Morgan fingerprint density at radius 3 is 2.81 bits per heavy atom. The quantitative estimate of drug-likeness (QED) is 0.820. The minimum Gasteiger partial charge on any atom is -0.384 e. The van der Waals surface area contributed by atoms with E-state index in [0.717, 1.165) is 5.69 Å². The smallest absolute Gasteiger partial charge is 0.149 e. The van der Waals surface area contributed by atoms with Gasteiger partial charge in [0.2, 0.25) is 0 Å². The van der Waals surface area contributed by atoms with Crippen LogP contribution in [0.4, 0.5) is 11.5 Å². The van der Waals surface area contributed by atoms with Crippen LogP contribution >= 0.6 is 0 Å². The molecule has 4 nitrogen and oxygen atoms in total. The molecule has 0 saturated carbocycles. The molecule has 1 aromatic heterocycles. The Balaban J connectivity index is 2.05. The van der Waals surface area contributed by atoms with Gasteiger partial charge in [-0.3, -0.25) is 0 Å². The number of para-hydroxylation sites is 1. The fraction of sp³-hybridized carbons (Fsp3) is 0.167. The molecule has 16 heavy (non-hydrogen) atoms. The van der Waals surface area contributed by atoms with Crippen LogP contribution in [0.15, 0.2) is 36.5 Å². The van der Waals surface area contributed by atoms with Crippen molar-refractivity contribution in [2.75, 3.05) is 11.1 Å². The number of nitrogens with zero attached hydrogens (tertiary/aromatic N) is 2. The summed E-state index contributed by atoms with van der Waals surface area (Å²) in [5.74, 6) is 1.19. The van der Waals surface area contributed by atoms with Gasteiger partial charge in [0.25, 0.3) is 0 Å². The lowest BCUT2D eigenvalue weighted by Crippen LogP contribution is -2.06. The van der Waals surface area contributed by atoms with Crippen molar-refractivity contribution in [3.05, 3.63) is 47.9 Å². The lowest BCUT2D eigenvalue weighted by atomic mass is 10.2. The average molecular weight is 214 g/mol. The Bertz CT molecular complexity index is 482. The number of rotatable bonds is 3. The van der Waals surface area contributed by atoms with Gasteiger partial charge in [0.05, 0.1) is 6.54 Å². The molecule has 0 spiro atoms. The van der Waals surface area contributed by atoms with E-state index in [0.29, 0.717) is 18.2 Å².